The molecule has 0 aliphatic carbocycles. The molecular formula is C13H18BrNO. The minimum atomic E-state index is -0.147. The summed E-state index contributed by atoms with van der Waals surface area (Å²) in [5.74, 6) is 0.111. The van der Waals surface area contributed by atoms with Gasteiger partial charge in [0.05, 0.1) is 4.83 Å². The predicted octanol–water partition coefficient (Wildman–Crippen LogP) is 3.44. The Bertz CT molecular complexity index is 367. The SMILES string of the molecule is CCN(C(=O)[C@H](C)Br)c1c(C)cccc1C. The minimum absolute atomic E-state index is 0.111. The molecule has 0 heterocycles. The molecule has 3 heteroatoms. The molecule has 1 rings (SSSR count). The Morgan fingerprint density at radius 1 is 1.38 bits per heavy atom. The monoisotopic (exact) mass is 283 g/mol. The van der Waals surface area contributed by atoms with Gasteiger partial charge in [0, 0.05) is 12.2 Å². The van der Waals surface area contributed by atoms with E-state index in [9.17, 15) is 4.79 Å². The van der Waals surface area contributed by atoms with Gasteiger partial charge in [-0.1, -0.05) is 34.1 Å². The maximum Gasteiger partial charge on any atom is 0.240 e. The summed E-state index contributed by atoms with van der Waals surface area (Å²) in [6.45, 7) is 8.63. The van der Waals surface area contributed by atoms with Gasteiger partial charge >= 0.3 is 0 Å². The van der Waals surface area contributed by atoms with E-state index >= 15 is 0 Å². The first-order valence-electron chi connectivity index (χ1n) is 5.50. The zero-order valence-corrected chi connectivity index (χ0v) is 11.8. The van der Waals surface area contributed by atoms with Gasteiger partial charge in [-0.3, -0.25) is 4.79 Å². The van der Waals surface area contributed by atoms with Crippen molar-refractivity contribution in [1.29, 1.82) is 0 Å². The van der Waals surface area contributed by atoms with Crippen LogP contribution in [-0.4, -0.2) is 17.3 Å². The third-order valence-corrected chi connectivity index (χ3v) is 3.02. The number of alkyl halides is 1. The second-order valence-corrected chi connectivity index (χ2v) is 5.31. The molecule has 0 aromatic heterocycles. The maximum absolute atomic E-state index is 12.1. The van der Waals surface area contributed by atoms with E-state index in [-0.39, 0.29) is 10.7 Å². The fraction of sp³-hybridized carbons (Fsp3) is 0.462. The van der Waals surface area contributed by atoms with Crippen molar-refractivity contribution >= 4 is 27.5 Å². The van der Waals surface area contributed by atoms with E-state index in [2.05, 4.69) is 15.9 Å². The Morgan fingerprint density at radius 3 is 2.25 bits per heavy atom. The first-order valence-corrected chi connectivity index (χ1v) is 6.42. The van der Waals surface area contributed by atoms with Crippen LogP contribution in [0.2, 0.25) is 0 Å². The average molecular weight is 284 g/mol. The summed E-state index contributed by atoms with van der Waals surface area (Å²) in [6, 6.07) is 6.10. The lowest BCUT2D eigenvalue weighted by Crippen LogP contribution is -2.36. The number of halogens is 1. The number of rotatable bonds is 3. The van der Waals surface area contributed by atoms with E-state index < -0.39 is 0 Å². The fourth-order valence-corrected chi connectivity index (χ4v) is 2.12. The van der Waals surface area contributed by atoms with Gasteiger partial charge in [0.1, 0.15) is 0 Å². The Labute approximate surface area is 106 Å². The zero-order chi connectivity index (χ0) is 12.3. The van der Waals surface area contributed by atoms with Crippen molar-refractivity contribution in [3.05, 3.63) is 29.3 Å². The first-order chi connectivity index (χ1) is 7.49. The molecule has 0 N–H and O–H groups in total. The number of amides is 1. The number of hydrogen-bond acceptors (Lipinski definition) is 1. The molecule has 0 aliphatic rings. The van der Waals surface area contributed by atoms with Crippen LogP contribution in [0, 0.1) is 13.8 Å². The van der Waals surface area contributed by atoms with Gasteiger partial charge in [-0.25, -0.2) is 0 Å². The molecule has 0 bridgehead atoms. The van der Waals surface area contributed by atoms with Crippen LogP contribution in [0.25, 0.3) is 0 Å². The molecule has 0 saturated carbocycles. The number of aryl methyl sites for hydroxylation is 2. The van der Waals surface area contributed by atoms with E-state index in [1.54, 1.807) is 0 Å². The van der Waals surface area contributed by atoms with Gasteiger partial charge < -0.3 is 4.90 Å². The molecule has 1 amide bonds. The van der Waals surface area contributed by atoms with Crippen molar-refractivity contribution in [2.75, 3.05) is 11.4 Å². The Morgan fingerprint density at radius 2 is 1.88 bits per heavy atom. The van der Waals surface area contributed by atoms with Crippen molar-refractivity contribution < 1.29 is 4.79 Å². The number of carbonyl (C=O) groups is 1. The molecule has 1 aromatic carbocycles. The number of benzene rings is 1. The molecule has 16 heavy (non-hydrogen) atoms. The van der Waals surface area contributed by atoms with Crippen molar-refractivity contribution in [3.8, 4) is 0 Å². The first kappa shape index (κ1) is 13.2. The van der Waals surface area contributed by atoms with Crippen molar-refractivity contribution in [2.24, 2.45) is 0 Å². The van der Waals surface area contributed by atoms with E-state index in [1.165, 1.54) is 0 Å². The van der Waals surface area contributed by atoms with Crippen LogP contribution >= 0.6 is 15.9 Å². The molecule has 0 radical (unpaired) electrons. The highest BCUT2D eigenvalue weighted by molar-refractivity contribution is 9.10. The summed E-state index contributed by atoms with van der Waals surface area (Å²) in [7, 11) is 0. The lowest BCUT2D eigenvalue weighted by Gasteiger charge is -2.26. The molecule has 0 fully saturated rings. The number of hydrogen-bond donors (Lipinski definition) is 0. The number of anilines is 1. The zero-order valence-electron chi connectivity index (χ0n) is 10.2. The molecular weight excluding hydrogens is 266 g/mol. The van der Waals surface area contributed by atoms with Crippen molar-refractivity contribution in [3.63, 3.8) is 0 Å². The third-order valence-electron chi connectivity index (χ3n) is 2.63. The summed E-state index contributed by atoms with van der Waals surface area (Å²) in [5.41, 5.74) is 3.33. The smallest absolute Gasteiger partial charge is 0.240 e. The molecule has 0 aliphatic heterocycles. The number of nitrogens with zero attached hydrogens (tertiary/aromatic N) is 1. The van der Waals surface area contributed by atoms with E-state index in [1.807, 2.05) is 50.8 Å². The number of carbonyl (C=O) groups excluding carboxylic acids is 1. The van der Waals surface area contributed by atoms with Crippen LogP contribution in [0.4, 0.5) is 5.69 Å². The Balaban J connectivity index is 3.18. The molecule has 2 nitrogen and oxygen atoms in total. The molecule has 88 valence electrons. The van der Waals surface area contributed by atoms with Crippen LogP contribution in [0.3, 0.4) is 0 Å². The van der Waals surface area contributed by atoms with E-state index in [4.69, 9.17) is 0 Å². The van der Waals surface area contributed by atoms with Crippen molar-refractivity contribution in [1.82, 2.24) is 0 Å². The summed E-state index contributed by atoms with van der Waals surface area (Å²) in [5, 5.41) is 0. The molecule has 0 unspecified atom stereocenters. The van der Waals surface area contributed by atoms with Crippen LogP contribution < -0.4 is 4.90 Å². The van der Waals surface area contributed by atoms with E-state index in [0.29, 0.717) is 6.54 Å². The van der Waals surface area contributed by atoms with Gasteiger partial charge in [-0.15, -0.1) is 0 Å². The van der Waals surface area contributed by atoms with Gasteiger partial charge in [0.25, 0.3) is 0 Å². The summed E-state index contributed by atoms with van der Waals surface area (Å²) < 4.78 is 0. The predicted molar refractivity (Wildman–Crippen MR) is 72.3 cm³/mol. The van der Waals surface area contributed by atoms with Gasteiger partial charge in [0.15, 0.2) is 0 Å². The van der Waals surface area contributed by atoms with Crippen molar-refractivity contribution in [2.45, 2.75) is 32.5 Å². The normalized spacial score (nSPS) is 12.3. The topological polar surface area (TPSA) is 20.3 Å². The minimum Gasteiger partial charge on any atom is -0.311 e. The average Bonchev–Trinajstić information content (AvgIpc) is 2.22. The number of para-hydroxylation sites is 1. The highest BCUT2D eigenvalue weighted by Gasteiger charge is 2.20. The molecule has 1 aromatic rings. The second-order valence-electron chi connectivity index (χ2n) is 3.94. The lowest BCUT2D eigenvalue weighted by atomic mass is 10.1. The van der Waals surface area contributed by atoms with Gasteiger partial charge in [-0.05, 0) is 38.8 Å². The molecule has 1 atom stereocenters. The van der Waals surface area contributed by atoms with Crippen LogP contribution in [0.15, 0.2) is 18.2 Å². The lowest BCUT2D eigenvalue weighted by molar-refractivity contribution is -0.117. The quantitative estimate of drug-likeness (QED) is 0.779. The van der Waals surface area contributed by atoms with Gasteiger partial charge in [0.2, 0.25) is 5.91 Å². The maximum atomic E-state index is 12.1. The fourth-order valence-electron chi connectivity index (χ4n) is 1.87. The molecule has 0 saturated heterocycles. The summed E-state index contributed by atoms with van der Waals surface area (Å²) in [4.78, 5) is 13.7. The van der Waals surface area contributed by atoms with Gasteiger partial charge in [-0.2, -0.15) is 0 Å². The Hall–Kier alpha value is -0.830. The van der Waals surface area contributed by atoms with Crippen LogP contribution in [0.5, 0.6) is 0 Å². The summed E-state index contributed by atoms with van der Waals surface area (Å²) in [6.07, 6.45) is 0. The largest absolute Gasteiger partial charge is 0.311 e. The third kappa shape index (κ3) is 2.64. The Kier molecular flexibility index (Phi) is 4.54. The highest BCUT2D eigenvalue weighted by Crippen LogP contribution is 2.25. The van der Waals surface area contributed by atoms with E-state index in [0.717, 1.165) is 16.8 Å². The standard InChI is InChI=1S/C13H18BrNO/c1-5-15(13(16)11(4)14)12-9(2)7-6-8-10(12)3/h6-8,11H,5H2,1-4H3/t11-/m0/s1. The second kappa shape index (κ2) is 5.48. The highest BCUT2D eigenvalue weighted by atomic mass is 79.9. The van der Waals surface area contributed by atoms with Crippen LogP contribution in [-0.2, 0) is 4.79 Å². The van der Waals surface area contributed by atoms with Crippen LogP contribution in [0.1, 0.15) is 25.0 Å². The molecule has 0 spiro atoms. The summed E-state index contributed by atoms with van der Waals surface area (Å²) >= 11 is 3.34.